The zero-order valence-electron chi connectivity index (χ0n) is 8.19. The molecular formula is C11H14O3. The van der Waals surface area contributed by atoms with Crippen molar-refractivity contribution in [2.75, 3.05) is 20.3 Å². The van der Waals surface area contributed by atoms with E-state index < -0.39 is 0 Å². The summed E-state index contributed by atoms with van der Waals surface area (Å²) < 4.78 is 10.2. The normalized spacial score (nSPS) is 9.79. The zero-order valence-corrected chi connectivity index (χ0v) is 8.19. The van der Waals surface area contributed by atoms with Crippen LogP contribution >= 0.6 is 0 Å². The van der Waals surface area contributed by atoms with Crippen LogP contribution < -0.4 is 4.74 Å². The Hall–Kier alpha value is -1.48. The summed E-state index contributed by atoms with van der Waals surface area (Å²) in [7, 11) is 1.60. The Morgan fingerprint density at radius 1 is 1.36 bits per heavy atom. The summed E-state index contributed by atoms with van der Waals surface area (Å²) >= 11 is 0. The summed E-state index contributed by atoms with van der Waals surface area (Å²) in [5.74, 6) is 0.600. The van der Waals surface area contributed by atoms with E-state index in [0.29, 0.717) is 19.0 Å². The molecule has 3 nitrogen and oxygen atoms in total. The van der Waals surface area contributed by atoms with E-state index in [1.54, 1.807) is 31.4 Å². The maximum Gasteiger partial charge on any atom is 0.161 e. The molecule has 1 aromatic carbocycles. The van der Waals surface area contributed by atoms with Gasteiger partial charge in [0.05, 0.1) is 6.61 Å². The minimum absolute atomic E-state index is 0.137. The van der Waals surface area contributed by atoms with Crippen molar-refractivity contribution in [1.82, 2.24) is 0 Å². The van der Waals surface area contributed by atoms with Crippen molar-refractivity contribution in [3.63, 3.8) is 0 Å². The SMILES string of the molecule is C=C(COC)COc1ccccc1O. The van der Waals surface area contributed by atoms with Crippen molar-refractivity contribution in [1.29, 1.82) is 0 Å². The van der Waals surface area contributed by atoms with Gasteiger partial charge in [-0.15, -0.1) is 0 Å². The van der Waals surface area contributed by atoms with Crippen molar-refractivity contribution in [2.45, 2.75) is 0 Å². The summed E-state index contributed by atoms with van der Waals surface area (Å²) in [5.41, 5.74) is 0.829. The highest BCUT2D eigenvalue weighted by Crippen LogP contribution is 2.24. The van der Waals surface area contributed by atoms with E-state index in [0.717, 1.165) is 5.57 Å². The lowest BCUT2D eigenvalue weighted by atomic mass is 10.3. The van der Waals surface area contributed by atoms with Crippen LogP contribution in [0.4, 0.5) is 0 Å². The average molecular weight is 194 g/mol. The van der Waals surface area contributed by atoms with Gasteiger partial charge in [-0.25, -0.2) is 0 Å². The van der Waals surface area contributed by atoms with Gasteiger partial charge in [-0.2, -0.15) is 0 Å². The van der Waals surface area contributed by atoms with Crippen LogP contribution in [0.1, 0.15) is 0 Å². The van der Waals surface area contributed by atoms with Crippen molar-refractivity contribution in [3.05, 3.63) is 36.4 Å². The fourth-order valence-electron chi connectivity index (χ4n) is 1.00. The number of para-hydroxylation sites is 2. The van der Waals surface area contributed by atoms with Gasteiger partial charge in [0.25, 0.3) is 0 Å². The summed E-state index contributed by atoms with van der Waals surface area (Å²) in [6.07, 6.45) is 0. The molecule has 0 atom stereocenters. The summed E-state index contributed by atoms with van der Waals surface area (Å²) in [5, 5.41) is 9.37. The van der Waals surface area contributed by atoms with Crippen molar-refractivity contribution in [3.8, 4) is 11.5 Å². The number of phenols is 1. The Morgan fingerprint density at radius 3 is 2.71 bits per heavy atom. The molecule has 0 radical (unpaired) electrons. The Morgan fingerprint density at radius 2 is 2.07 bits per heavy atom. The second kappa shape index (κ2) is 5.29. The first kappa shape index (κ1) is 10.6. The maximum absolute atomic E-state index is 9.37. The topological polar surface area (TPSA) is 38.7 Å². The van der Waals surface area contributed by atoms with E-state index in [-0.39, 0.29) is 5.75 Å². The number of benzene rings is 1. The van der Waals surface area contributed by atoms with Crippen LogP contribution in [-0.4, -0.2) is 25.4 Å². The zero-order chi connectivity index (χ0) is 10.4. The molecule has 0 aromatic heterocycles. The number of aromatic hydroxyl groups is 1. The molecule has 1 N–H and O–H groups in total. The Labute approximate surface area is 83.6 Å². The summed E-state index contributed by atoms with van der Waals surface area (Å²) in [4.78, 5) is 0. The molecule has 1 rings (SSSR count). The molecule has 0 saturated heterocycles. The lowest BCUT2D eigenvalue weighted by molar-refractivity contribution is 0.210. The molecule has 0 aliphatic carbocycles. The lowest BCUT2D eigenvalue weighted by Crippen LogP contribution is -2.04. The highest BCUT2D eigenvalue weighted by Gasteiger charge is 2.00. The first-order chi connectivity index (χ1) is 6.74. The molecule has 0 spiro atoms. The molecule has 0 saturated carbocycles. The van der Waals surface area contributed by atoms with Crippen LogP contribution in [0.25, 0.3) is 0 Å². The molecule has 76 valence electrons. The second-order valence-electron chi connectivity index (χ2n) is 2.94. The summed E-state index contributed by atoms with van der Waals surface area (Å²) in [6.45, 7) is 4.58. The molecule has 0 bridgehead atoms. The molecule has 14 heavy (non-hydrogen) atoms. The number of hydrogen-bond acceptors (Lipinski definition) is 3. The third-order valence-electron chi connectivity index (χ3n) is 1.65. The molecule has 0 unspecified atom stereocenters. The van der Waals surface area contributed by atoms with Gasteiger partial charge in [-0.1, -0.05) is 18.7 Å². The van der Waals surface area contributed by atoms with Crippen LogP contribution in [0.3, 0.4) is 0 Å². The molecule has 0 amide bonds. The minimum Gasteiger partial charge on any atom is -0.504 e. The summed E-state index contributed by atoms with van der Waals surface area (Å²) in [6, 6.07) is 6.82. The number of rotatable bonds is 5. The van der Waals surface area contributed by atoms with Crippen molar-refractivity contribution < 1.29 is 14.6 Å². The first-order valence-corrected chi connectivity index (χ1v) is 4.30. The van der Waals surface area contributed by atoms with E-state index in [2.05, 4.69) is 6.58 Å². The monoisotopic (exact) mass is 194 g/mol. The molecule has 1 aromatic rings. The van der Waals surface area contributed by atoms with Gasteiger partial charge in [0, 0.05) is 7.11 Å². The number of methoxy groups -OCH3 is 1. The maximum atomic E-state index is 9.37. The van der Waals surface area contributed by atoms with Crippen LogP contribution in [0.5, 0.6) is 11.5 Å². The van der Waals surface area contributed by atoms with Crippen LogP contribution in [0.2, 0.25) is 0 Å². The van der Waals surface area contributed by atoms with Crippen molar-refractivity contribution in [2.24, 2.45) is 0 Å². The lowest BCUT2D eigenvalue weighted by Gasteiger charge is -2.08. The number of phenolic OH excluding ortho intramolecular Hbond substituents is 1. The van der Waals surface area contributed by atoms with Crippen LogP contribution in [0.15, 0.2) is 36.4 Å². The van der Waals surface area contributed by atoms with Gasteiger partial charge in [0.1, 0.15) is 6.61 Å². The fraction of sp³-hybridized carbons (Fsp3) is 0.273. The first-order valence-electron chi connectivity index (χ1n) is 4.30. The van der Waals surface area contributed by atoms with E-state index in [1.165, 1.54) is 0 Å². The Kier molecular flexibility index (Phi) is 4.01. The van der Waals surface area contributed by atoms with Gasteiger partial charge < -0.3 is 14.6 Å². The van der Waals surface area contributed by atoms with Crippen LogP contribution in [0, 0.1) is 0 Å². The standard InChI is InChI=1S/C11H14O3/c1-9(7-13-2)8-14-11-6-4-3-5-10(11)12/h3-6,12H,1,7-8H2,2H3. The third-order valence-corrected chi connectivity index (χ3v) is 1.65. The largest absolute Gasteiger partial charge is 0.504 e. The quantitative estimate of drug-likeness (QED) is 0.728. The molecular weight excluding hydrogens is 180 g/mol. The van der Waals surface area contributed by atoms with Crippen LogP contribution in [-0.2, 0) is 4.74 Å². The molecule has 0 fully saturated rings. The highest BCUT2D eigenvalue weighted by molar-refractivity contribution is 5.38. The molecule has 0 heterocycles. The van der Waals surface area contributed by atoms with Crippen molar-refractivity contribution >= 4 is 0 Å². The fourth-order valence-corrected chi connectivity index (χ4v) is 1.00. The van der Waals surface area contributed by atoms with Gasteiger partial charge in [-0.3, -0.25) is 0 Å². The highest BCUT2D eigenvalue weighted by atomic mass is 16.5. The van der Waals surface area contributed by atoms with E-state index in [1.807, 2.05) is 0 Å². The predicted molar refractivity (Wildman–Crippen MR) is 54.6 cm³/mol. The van der Waals surface area contributed by atoms with Gasteiger partial charge in [0.2, 0.25) is 0 Å². The van der Waals surface area contributed by atoms with E-state index >= 15 is 0 Å². The third kappa shape index (κ3) is 3.11. The van der Waals surface area contributed by atoms with E-state index in [9.17, 15) is 5.11 Å². The smallest absolute Gasteiger partial charge is 0.161 e. The second-order valence-corrected chi connectivity index (χ2v) is 2.94. The average Bonchev–Trinajstić information content (AvgIpc) is 2.17. The van der Waals surface area contributed by atoms with E-state index in [4.69, 9.17) is 9.47 Å². The van der Waals surface area contributed by atoms with Gasteiger partial charge in [0.15, 0.2) is 11.5 Å². The number of ether oxygens (including phenoxy) is 2. The molecule has 3 heteroatoms. The molecule has 0 aliphatic heterocycles. The number of hydrogen-bond donors (Lipinski definition) is 1. The Balaban J connectivity index is 2.46. The Bertz CT molecular complexity index is 307. The minimum atomic E-state index is 0.137. The van der Waals surface area contributed by atoms with Gasteiger partial charge in [-0.05, 0) is 17.7 Å². The molecule has 0 aliphatic rings. The predicted octanol–water partition coefficient (Wildman–Crippen LogP) is 1.97. The van der Waals surface area contributed by atoms with Gasteiger partial charge >= 0.3 is 0 Å².